The third-order valence-corrected chi connectivity index (χ3v) is 6.31. The van der Waals surface area contributed by atoms with Crippen molar-refractivity contribution in [1.82, 2.24) is 4.31 Å². The van der Waals surface area contributed by atoms with Crippen LogP contribution >= 0.6 is 11.6 Å². The predicted molar refractivity (Wildman–Crippen MR) is 109 cm³/mol. The molecule has 0 atom stereocenters. The van der Waals surface area contributed by atoms with E-state index in [9.17, 15) is 28.7 Å². The van der Waals surface area contributed by atoms with Gasteiger partial charge in [0.2, 0.25) is 10.0 Å². The summed E-state index contributed by atoms with van der Waals surface area (Å²) in [6, 6.07) is 5.99. The van der Waals surface area contributed by atoms with Crippen molar-refractivity contribution in [3.8, 4) is 11.5 Å². The lowest BCUT2D eigenvalue weighted by atomic mass is 10.2. The minimum atomic E-state index is -3.85. The number of nitrogens with zero attached hydrogens (tertiary/aromatic N) is 3. The van der Waals surface area contributed by atoms with Crippen LogP contribution in [0.3, 0.4) is 0 Å². The van der Waals surface area contributed by atoms with Gasteiger partial charge in [0.15, 0.2) is 11.5 Å². The molecule has 0 spiro atoms. The molecular weight excluding hydrogens is 424 g/mol. The van der Waals surface area contributed by atoms with E-state index in [-0.39, 0.29) is 28.7 Å². The van der Waals surface area contributed by atoms with Gasteiger partial charge in [-0.3, -0.25) is 15.5 Å². The number of hydrogen-bond donors (Lipinski definition) is 3. The molecule has 0 radical (unpaired) electrons. The Kier molecular flexibility index (Phi) is 7.01. The molecule has 0 aliphatic rings. The van der Waals surface area contributed by atoms with Crippen LogP contribution in [-0.4, -0.2) is 47.2 Å². The molecule has 12 heteroatoms. The molecule has 10 nitrogen and oxygen atoms in total. The lowest BCUT2D eigenvalue weighted by Gasteiger charge is -2.18. The number of nitro benzene ring substituents is 1. The van der Waals surface area contributed by atoms with Crippen molar-refractivity contribution in [2.24, 2.45) is 5.10 Å². The molecule has 0 saturated heterocycles. The van der Waals surface area contributed by atoms with E-state index < -0.39 is 32.1 Å². The van der Waals surface area contributed by atoms with Crippen LogP contribution < -0.4 is 5.43 Å². The maximum absolute atomic E-state index is 12.6. The van der Waals surface area contributed by atoms with Gasteiger partial charge >= 0.3 is 0 Å². The molecule has 2 aromatic carbocycles. The van der Waals surface area contributed by atoms with E-state index in [1.54, 1.807) is 13.8 Å². The van der Waals surface area contributed by atoms with Crippen molar-refractivity contribution in [3.63, 3.8) is 0 Å². The Morgan fingerprint density at radius 2 is 1.90 bits per heavy atom. The topological polar surface area (TPSA) is 145 Å². The first-order chi connectivity index (χ1) is 13.6. The van der Waals surface area contributed by atoms with E-state index in [1.807, 2.05) is 0 Å². The van der Waals surface area contributed by atoms with Gasteiger partial charge < -0.3 is 10.2 Å². The highest BCUT2D eigenvalue weighted by Gasteiger charge is 2.25. The van der Waals surface area contributed by atoms with E-state index in [4.69, 9.17) is 11.6 Å². The summed E-state index contributed by atoms with van der Waals surface area (Å²) < 4.78 is 26.3. The highest BCUT2D eigenvalue weighted by Crippen LogP contribution is 2.33. The second-order valence-corrected chi connectivity index (χ2v) is 8.11. The molecular formula is C17H19ClN4O6S. The first kappa shape index (κ1) is 22.4. The zero-order valence-electron chi connectivity index (χ0n) is 15.5. The largest absolute Gasteiger partial charge is 0.504 e. The van der Waals surface area contributed by atoms with E-state index >= 15 is 0 Å². The molecule has 0 fully saturated rings. The van der Waals surface area contributed by atoms with Gasteiger partial charge in [-0.2, -0.15) is 9.41 Å². The SMILES string of the molecule is CCN(CC)S(=O)(=O)c1ccc(N/N=C/c2cc(O)c(O)c(Cl)c2)c([N+](=O)[O-])c1. The number of benzene rings is 2. The first-order valence-corrected chi connectivity index (χ1v) is 10.2. The number of rotatable bonds is 8. The Morgan fingerprint density at radius 1 is 1.24 bits per heavy atom. The predicted octanol–water partition coefficient (Wildman–Crippen LogP) is 3.14. The van der Waals surface area contributed by atoms with E-state index in [2.05, 4.69) is 10.5 Å². The van der Waals surface area contributed by atoms with Gasteiger partial charge in [-0.1, -0.05) is 25.4 Å². The standard InChI is InChI=1S/C17H19ClN4O6S/c1-3-21(4-2)29(27,28)12-5-6-14(15(9-12)22(25)26)20-19-10-11-7-13(18)17(24)16(23)8-11/h5-10,20,23-24H,3-4H2,1-2H3/b19-10+. The summed E-state index contributed by atoms with van der Waals surface area (Å²) in [5.41, 5.74) is 2.29. The molecule has 0 aromatic heterocycles. The van der Waals surface area contributed by atoms with Crippen LogP contribution in [0, 0.1) is 10.1 Å². The van der Waals surface area contributed by atoms with Crippen LogP contribution in [0.15, 0.2) is 40.3 Å². The van der Waals surface area contributed by atoms with Crippen molar-refractivity contribution in [1.29, 1.82) is 0 Å². The number of aromatic hydroxyl groups is 2. The second-order valence-electron chi connectivity index (χ2n) is 5.77. The maximum atomic E-state index is 12.6. The summed E-state index contributed by atoms with van der Waals surface area (Å²) in [6.07, 6.45) is 1.22. The highest BCUT2D eigenvalue weighted by molar-refractivity contribution is 7.89. The number of halogens is 1. The average Bonchev–Trinajstić information content (AvgIpc) is 2.66. The van der Waals surface area contributed by atoms with Gasteiger partial charge in [-0.15, -0.1) is 0 Å². The van der Waals surface area contributed by atoms with E-state index in [1.165, 1.54) is 34.8 Å². The Hall–Kier alpha value is -2.89. The third kappa shape index (κ3) is 4.94. The molecule has 0 aliphatic heterocycles. The zero-order valence-corrected chi connectivity index (χ0v) is 17.1. The molecule has 2 aromatic rings. The minimum Gasteiger partial charge on any atom is -0.504 e. The summed E-state index contributed by atoms with van der Waals surface area (Å²) in [4.78, 5) is 10.5. The minimum absolute atomic E-state index is 0.0288. The fourth-order valence-electron chi connectivity index (χ4n) is 2.49. The Labute approximate surface area is 172 Å². The lowest BCUT2D eigenvalue weighted by Crippen LogP contribution is -2.30. The number of phenols is 2. The number of hydrazone groups is 1. The number of nitro groups is 1. The van der Waals surface area contributed by atoms with Crippen molar-refractivity contribution in [2.75, 3.05) is 18.5 Å². The van der Waals surface area contributed by atoms with Crippen molar-refractivity contribution in [3.05, 3.63) is 51.0 Å². The van der Waals surface area contributed by atoms with Crippen LogP contribution in [0.2, 0.25) is 5.02 Å². The smallest absolute Gasteiger partial charge is 0.295 e. The van der Waals surface area contributed by atoms with Gasteiger partial charge in [-0.05, 0) is 29.8 Å². The highest BCUT2D eigenvalue weighted by atomic mass is 35.5. The van der Waals surface area contributed by atoms with E-state index in [0.29, 0.717) is 5.56 Å². The van der Waals surface area contributed by atoms with Crippen LogP contribution in [0.4, 0.5) is 11.4 Å². The van der Waals surface area contributed by atoms with Gasteiger partial charge in [0.1, 0.15) is 5.69 Å². The summed E-state index contributed by atoms with van der Waals surface area (Å²) >= 11 is 5.75. The van der Waals surface area contributed by atoms with Crippen molar-refractivity contribution >= 4 is 39.2 Å². The maximum Gasteiger partial charge on any atom is 0.295 e. The number of phenolic OH excluding ortho intramolecular Hbond substituents is 2. The fourth-order valence-corrected chi connectivity index (χ4v) is 4.19. The summed E-state index contributed by atoms with van der Waals surface area (Å²) in [5.74, 6) is -0.923. The Balaban J connectivity index is 2.34. The molecule has 2 rings (SSSR count). The summed E-state index contributed by atoms with van der Waals surface area (Å²) in [7, 11) is -3.85. The van der Waals surface area contributed by atoms with Crippen molar-refractivity contribution < 1.29 is 23.6 Å². The van der Waals surface area contributed by atoms with E-state index in [0.717, 1.165) is 6.07 Å². The number of hydrogen-bond acceptors (Lipinski definition) is 8. The fraction of sp³-hybridized carbons (Fsp3) is 0.235. The lowest BCUT2D eigenvalue weighted by molar-refractivity contribution is -0.384. The Bertz CT molecular complexity index is 1030. The first-order valence-electron chi connectivity index (χ1n) is 8.40. The second kappa shape index (κ2) is 9.07. The monoisotopic (exact) mass is 442 g/mol. The van der Waals surface area contributed by atoms with Gasteiger partial charge in [0.05, 0.1) is 21.1 Å². The van der Waals surface area contributed by atoms with Gasteiger partial charge in [0.25, 0.3) is 5.69 Å². The van der Waals surface area contributed by atoms with Crippen LogP contribution in [0.1, 0.15) is 19.4 Å². The van der Waals surface area contributed by atoms with Gasteiger partial charge in [-0.25, -0.2) is 8.42 Å². The quantitative estimate of drug-likeness (QED) is 0.246. The molecule has 0 saturated carbocycles. The number of sulfonamides is 1. The zero-order chi connectivity index (χ0) is 21.8. The normalized spacial score (nSPS) is 11.9. The molecule has 3 N–H and O–H groups in total. The molecule has 0 bridgehead atoms. The van der Waals surface area contributed by atoms with Gasteiger partial charge in [0, 0.05) is 19.2 Å². The molecule has 0 heterocycles. The van der Waals surface area contributed by atoms with Crippen molar-refractivity contribution in [2.45, 2.75) is 18.7 Å². The van der Waals surface area contributed by atoms with Crippen LogP contribution in [-0.2, 0) is 10.0 Å². The Morgan fingerprint density at radius 3 is 2.45 bits per heavy atom. The molecule has 0 amide bonds. The number of anilines is 1. The molecule has 0 unspecified atom stereocenters. The van der Waals surface area contributed by atoms with Crippen LogP contribution in [0.5, 0.6) is 11.5 Å². The average molecular weight is 443 g/mol. The molecule has 156 valence electrons. The molecule has 29 heavy (non-hydrogen) atoms. The summed E-state index contributed by atoms with van der Waals surface area (Å²) in [6.45, 7) is 3.82. The van der Waals surface area contributed by atoms with Crippen LogP contribution in [0.25, 0.3) is 0 Å². The number of nitrogens with one attached hydrogen (secondary N) is 1. The third-order valence-electron chi connectivity index (χ3n) is 3.97. The molecule has 0 aliphatic carbocycles. The summed E-state index contributed by atoms with van der Waals surface area (Å²) in [5, 5.41) is 34.1.